The Hall–Kier alpha value is -2.60. The molecule has 1 aliphatic carbocycles. The van der Waals surface area contributed by atoms with Crippen molar-refractivity contribution < 1.29 is 23.9 Å². The zero-order chi connectivity index (χ0) is 19.4. The maximum absolute atomic E-state index is 12.9. The summed E-state index contributed by atoms with van der Waals surface area (Å²) in [5, 5.41) is 0. The highest BCUT2D eigenvalue weighted by molar-refractivity contribution is 8.03. The third-order valence-corrected chi connectivity index (χ3v) is 5.48. The predicted molar refractivity (Wildman–Crippen MR) is 102 cm³/mol. The van der Waals surface area contributed by atoms with Crippen molar-refractivity contribution in [3.05, 3.63) is 64.6 Å². The second-order valence-corrected chi connectivity index (χ2v) is 7.23. The molecule has 1 heterocycles. The molecule has 0 fully saturated rings. The normalized spacial score (nSPS) is 19.5. The van der Waals surface area contributed by atoms with Gasteiger partial charge in [0, 0.05) is 34.3 Å². The number of hydrogen-bond acceptors (Lipinski definition) is 6. The van der Waals surface area contributed by atoms with Gasteiger partial charge in [0.1, 0.15) is 5.92 Å². The summed E-state index contributed by atoms with van der Waals surface area (Å²) in [6.07, 6.45) is 5.93. The molecule has 6 heteroatoms. The fourth-order valence-electron chi connectivity index (χ4n) is 2.89. The Labute approximate surface area is 162 Å². The van der Waals surface area contributed by atoms with Gasteiger partial charge in [0.15, 0.2) is 5.78 Å². The molecule has 0 N–H and O–H groups in total. The van der Waals surface area contributed by atoms with Crippen LogP contribution in [0.3, 0.4) is 0 Å². The Morgan fingerprint density at radius 2 is 2.07 bits per heavy atom. The second-order valence-electron chi connectivity index (χ2n) is 6.14. The van der Waals surface area contributed by atoms with Gasteiger partial charge in [-0.1, -0.05) is 55.1 Å². The first-order valence-electron chi connectivity index (χ1n) is 8.78. The van der Waals surface area contributed by atoms with Crippen LogP contribution in [0.4, 0.5) is 0 Å². The molecular formula is C21H20O5S. The molecule has 5 nitrogen and oxygen atoms in total. The van der Waals surface area contributed by atoms with Crippen LogP contribution in [0.15, 0.2) is 63.9 Å². The van der Waals surface area contributed by atoms with Gasteiger partial charge in [-0.05, 0) is 18.6 Å². The molecule has 27 heavy (non-hydrogen) atoms. The zero-order valence-corrected chi connectivity index (χ0v) is 16.0. The molecule has 0 aromatic heterocycles. The molecule has 3 rings (SSSR count). The average molecular weight is 384 g/mol. The minimum Gasteiger partial charge on any atom is -0.424 e. The van der Waals surface area contributed by atoms with Gasteiger partial charge in [0.2, 0.25) is 6.29 Å². The van der Waals surface area contributed by atoms with E-state index in [0.717, 1.165) is 15.4 Å². The lowest BCUT2D eigenvalue weighted by molar-refractivity contribution is -0.186. The van der Waals surface area contributed by atoms with Crippen molar-refractivity contribution in [2.75, 3.05) is 0 Å². The zero-order valence-electron chi connectivity index (χ0n) is 15.1. The van der Waals surface area contributed by atoms with Crippen molar-refractivity contribution >= 4 is 29.5 Å². The second kappa shape index (κ2) is 8.39. The molecular weight excluding hydrogens is 364 g/mol. The first-order chi connectivity index (χ1) is 13.0. The third-order valence-electron chi connectivity index (χ3n) is 4.26. The highest BCUT2D eigenvalue weighted by atomic mass is 32.2. The van der Waals surface area contributed by atoms with E-state index >= 15 is 0 Å². The van der Waals surface area contributed by atoms with Gasteiger partial charge >= 0.3 is 11.9 Å². The standard InChI is InChI=1S/C21H20O5S/c1-3-7-18(22)25-19(4-2)26-21(24)14-10-11-17-15(20(14)23)12-13-8-5-6-9-16(13)27-17/h3,5-11,14,19H,4,12H2,1-2H3/b7-3+. The lowest BCUT2D eigenvalue weighted by atomic mass is 9.88. The molecule has 140 valence electrons. The molecule has 0 saturated carbocycles. The highest BCUT2D eigenvalue weighted by Crippen LogP contribution is 2.42. The summed E-state index contributed by atoms with van der Waals surface area (Å²) in [6.45, 7) is 3.42. The van der Waals surface area contributed by atoms with Crippen LogP contribution in [0.2, 0.25) is 0 Å². The molecule has 0 radical (unpaired) electrons. The van der Waals surface area contributed by atoms with Gasteiger partial charge in [-0.15, -0.1) is 0 Å². The van der Waals surface area contributed by atoms with Gasteiger partial charge in [-0.2, -0.15) is 0 Å². The molecule has 0 saturated heterocycles. The van der Waals surface area contributed by atoms with Crippen LogP contribution in [0.1, 0.15) is 25.8 Å². The van der Waals surface area contributed by atoms with Gasteiger partial charge in [-0.25, -0.2) is 4.79 Å². The number of ether oxygens (including phenoxy) is 2. The lowest BCUT2D eigenvalue weighted by Gasteiger charge is -2.26. The number of hydrogen-bond donors (Lipinski definition) is 0. The van der Waals surface area contributed by atoms with Crippen molar-refractivity contribution in [3.8, 4) is 0 Å². The maximum Gasteiger partial charge on any atom is 0.333 e. The average Bonchev–Trinajstić information content (AvgIpc) is 2.66. The van der Waals surface area contributed by atoms with E-state index in [1.54, 1.807) is 26.0 Å². The lowest BCUT2D eigenvalue weighted by Crippen LogP contribution is -2.33. The van der Waals surface area contributed by atoms with E-state index in [-0.39, 0.29) is 5.78 Å². The summed E-state index contributed by atoms with van der Waals surface area (Å²) in [7, 11) is 0. The molecule has 0 amide bonds. The topological polar surface area (TPSA) is 69.7 Å². The van der Waals surface area contributed by atoms with E-state index in [2.05, 4.69) is 0 Å². The van der Waals surface area contributed by atoms with Gasteiger partial charge in [0.25, 0.3) is 0 Å². The smallest absolute Gasteiger partial charge is 0.333 e. The summed E-state index contributed by atoms with van der Waals surface area (Å²) >= 11 is 1.53. The van der Waals surface area contributed by atoms with E-state index in [0.29, 0.717) is 18.4 Å². The van der Waals surface area contributed by atoms with Crippen molar-refractivity contribution in [2.24, 2.45) is 5.92 Å². The first kappa shape index (κ1) is 19.2. The number of esters is 2. The van der Waals surface area contributed by atoms with Crippen LogP contribution < -0.4 is 0 Å². The number of rotatable bonds is 5. The van der Waals surface area contributed by atoms with Crippen LogP contribution in [0.5, 0.6) is 0 Å². The summed E-state index contributed by atoms with van der Waals surface area (Å²) in [4.78, 5) is 38.9. The van der Waals surface area contributed by atoms with Gasteiger partial charge in [-0.3, -0.25) is 9.59 Å². The summed E-state index contributed by atoms with van der Waals surface area (Å²) < 4.78 is 10.3. The Kier molecular flexibility index (Phi) is 5.96. The number of carbonyl (C=O) groups is 3. The summed E-state index contributed by atoms with van der Waals surface area (Å²) in [5.41, 5.74) is 1.70. The van der Waals surface area contributed by atoms with Crippen molar-refractivity contribution in [1.29, 1.82) is 0 Å². The Bertz CT molecular complexity index is 865. The number of thioether (sulfide) groups is 1. The van der Waals surface area contributed by atoms with Crippen LogP contribution in [0, 0.1) is 5.92 Å². The van der Waals surface area contributed by atoms with Crippen LogP contribution in [-0.4, -0.2) is 24.0 Å². The van der Waals surface area contributed by atoms with E-state index < -0.39 is 24.1 Å². The minimum atomic E-state index is -1.01. The summed E-state index contributed by atoms with van der Waals surface area (Å²) in [5.74, 6) is -2.56. The molecule has 1 aliphatic heterocycles. The van der Waals surface area contributed by atoms with Crippen LogP contribution >= 0.6 is 11.8 Å². The molecule has 0 bridgehead atoms. The Balaban J connectivity index is 1.70. The van der Waals surface area contributed by atoms with E-state index in [1.165, 1.54) is 23.9 Å². The molecule has 1 aromatic rings. The van der Waals surface area contributed by atoms with Crippen LogP contribution in [0.25, 0.3) is 0 Å². The molecule has 0 spiro atoms. The van der Waals surface area contributed by atoms with Crippen LogP contribution in [-0.2, 0) is 30.3 Å². The molecule has 2 aliphatic rings. The predicted octanol–water partition coefficient (Wildman–Crippen LogP) is 3.74. The van der Waals surface area contributed by atoms with Crippen molar-refractivity contribution in [2.45, 2.75) is 37.9 Å². The van der Waals surface area contributed by atoms with Gasteiger partial charge < -0.3 is 9.47 Å². The fourth-order valence-corrected chi connectivity index (χ4v) is 3.99. The largest absolute Gasteiger partial charge is 0.424 e. The number of carbonyl (C=O) groups excluding carboxylic acids is 3. The van der Waals surface area contributed by atoms with Crippen molar-refractivity contribution in [1.82, 2.24) is 0 Å². The number of fused-ring (bicyclic) bond motifs is 1. The number of ketones is 1. The third kappa shape index (κ3) is 4.22. The Morgan fingerprint density at radius 3 is 2.81 bits per heavy atom. The quantitative estimate of drug-likeness (QED) is 0.333. The minimum absolute atomic E-state index is 0.255. The first-order valence-corrected chi connectivity index (χ1v) is 9.60. The van der Waals surface area contributed by atoms with Crippen molar-refractivity contribution in [3.63, 3.8) is 0 Å². The monoisotopic (exact) mass is 384 g/mol. The SMILES string of the molecule is C/C=C/C(=O)OC(CC)OC(=O)C1C=CC2=C(Cc3ccccc3S2)C1=O. The molecule has 1 aromatic carbocycles. The number of benzene rings is 1. The number of allylic oxidation sites excluding steroid dienone is 3. The Morgan fingerprint density at radius 1 is 1.30 bits per heavy atom. The molecule has 2 unspecified atom stereocenters. The van der Waals surface area contributed by atoms with E-state index in [9.17, 15) is 14.4 Å². The van der Waals surface area contributed by atoms with E-state index in [1.807, 2.05) is 24.3 Å². The van der Waals surface area contributed by atoms with E-state index in [4.69, 9.17) is 9.47 Å². The maximum atomic E-state index is 12.9. The fraction of sp³-hybridized carbons (Fsp3) is 0.286. The highest BCUT2D eigenvalue weighted by Gasteiger charge is 2.36. The summed E-state index contributed by atoms with van der Waals surface area (Å²) in [6, 6.07) is 7.91. The molecule has 2 atom stereocenters. The van der Waals surface area contributed by atoms with Gasteiger partial charge in [0.05, 0.1) is 0 Å². The number of Topliss-reactive ketones (excluding diaryl/α,β-unsaturated/α-hetero) is 1.